The van der Waals surface area contributed by atoms with Gasteiger partial charge in [0.15, 0.2) is 0 Å². The van der Waals surface area contributed by atoms with Crippen LogP contribution in [0, 0.1) is 6.92 Å². The summed E-state index contributed by atoms with van der Waals surface area (Å²) in [5.74, 6) is -2.00. The van der Waals surface area contributed by atoms with Gasteiger partial charge in [0.25, 0.3) is 11.8 Å². The van der Waals surface area contributed by atoms with Gasteiger partial charge in [0.05, 0.1) is 11.1 Å². The minimum atomic E-state index is -0.956. The quantitative estimate of drug-likeness (QED) is 0.606. The lowest BCUT2D eigenvalue weighted by Crippen LogP contribution is -2.54. The highest BCUT2D eigenvalue weighted by Gasteiger charge is 2.44. The molecule has 2 fully saturated rings. The van der Waals surface area contributed by atoms with E-state index in [9.17, 15) is 19.2 Å². The second-order valence-electron chi connectivity index (χ2n) is 8.63. The third-order valence-electron chi connectivity index (χ3n) is 6.16. The first-order chi connectivity index (χ1) is 15.4. The van der Waals surface area contributed by atoms with Gasteiger partial charge >= 0.3 is 0 Å². The Labute approximate surface area is 185 Å². The number of piperidine rings is 1. The minimum Gasteiger partial charge on any atom is -0.382 e. The number of amides is 4. The summed E-state index contributed by atoms with van der Waals surface area (Å²) in [5, 5.41) is 9.03. The number of rotatable bonds is 6. The van der Waals surface area contributed by atoms with Crippen molar-refractivity contribution in [3.8, 4) is 0 Å². The summed E-state index contributed by atoms with van der Waals surface area (Å²) >= 11 is 0. The summed E-state index contributed by atoms with van der Waals surface area (Å²) in [5.41, 5.74) is 4.71. The molecule has 5 rings (SSSR count). The summed E-state index contributed by atoms with van der Waals surface area (Å²) in [6, 6.07) is 10.9. The number of nitrogens with one attached hydrogen (secondary N) is 3. The van der Waals surface area contributed by atoms with Gasteiger partial charge in [0.2, 0.25) is 11.8 Å². The average molecular weight is 432 g/mol. The minimum absolute atomic E-state index is 0.102. The predicted molar refractivity (Wildman–Crippen MR) is 118 cm³/mol. The highest BCUT2D eigenvalue weighted by Crippen LogP contribution is 2.30. The van der Waals surface area contributed by atoms with E-state index in [1.165, 1.54) is 18.4 Å². The summed E-state index contributed by atoms with van der Waals surface area (Å²) in [6.45, 7) is 2.65. The molecule has 3 aliphatic rings. The van der Waals surface area contributed by atoms with Gasteiger partial charge in [-0.1, -0.05) is 12.1 Å². The van der Waals surface area contributed by atoms with Gasteiger partial charge in [-0.15, -0.1) is 0 Å². The Balaban J connectivity index is 1.29. The largest absolute Gasteiger partial charge is 0.382 e. The van der Waals surface area contributed by atoms with Crippen molar-refractivity contribution < 1.29 is 19.2 Å². The number of hydrogen-bond donors (Lipinski definition) is 3. The second-order valence-corrected chi connectivity index (χ2v) is 8.63. The van der Waals surface area contributed by atoms with Crippen LogP contribution in [0.25, 0.3) is 0 Å². The molecule has 8 heteroatoms. The molecule has 32 heavy (non-hydrogen) atoms. The fourth-order valence-corrected chi connectivity index (χ4v) is 4.23. The van der Waals surface area contributed by atoms with E-state index in [0.717, 1.165) is 16.2 Å². The van der Waals surface area contributed by atoms with Crippen LogP contribution in [-0.2, 0) is 16.1 Å². The molecule has 2 aliphatic heterocycles. The molecule has 164 valence electrons. The molecule has 0 radical (unpaired) electrons. The van der Waals surface area contributed by atoms with Crippen LogP contribution < -0.4 is 16.0 Å². The molecule has 8 nitrogen and oxygen atoms in total. The van der Waals surface area contributed by atoms with Gasteiger partial charge in [-0.3, -0.25) is 29.4 Å². The van der Waals surface area contributed by atoms with Gasteiger partial charge in [-0.2, -0.15) is 0 Å². The summed E-state index contributed by atoms with van der Waals surface area (Å²) < 4.78 is 0. The molecule has 2 aromatic carbocycles. The monoisotopic (exact) mass is 432 g/mol. The van der Waals surface area contributed by atoms with Crippen LogP contribution in [-0.4, -0.2) is 40.6 Å². The van der Waals surface area contributed by atoms with Crippen LogP contribution in [0.3, 0.4) is 0 Å². The first kappa shape index (κ1) is 20.2. The van der Waals surface area contributed by atoms with E-state index in [4.69, 9.17) is 0 Å². The Kier molecular flexibility index (Phi) is 4.92. The SMILES string of the molecule is Cc1cc(CNc2ccc3c(c2)C(=O)N(C2CCC(=O)NC2=O)C3=O)ccc1NC1CC1. The maximum atomic E-state index is 12.9. The second kappa shape index (κ2) is 7.78. The molecule has 2 heterocycles. The summed E-state index contributed by atoms with van der Waals surface area (Å²) in [4.78, 5) is 50.3. The molecule has 1 atom stereocenters. The Hall–Kier alpha value is -3.68. The third kappa shape index (κ3) is 3.72. The molecule has 2 aromatic rings. The fourth-order valence-electron chi connectivity index (χ4n) is 4.23. The number of benzene rings is 2. The van der Waals surface area contributed by atoms with E-state index in [0.29, 0.717) is 18.3 Å². The van der Waals surface area contributed by atoms with E-state index in [1.54, 1.807) is 18.2 Å². The van der Waals surface area contributed by atoms with Crippen LogP contribution in [0.1, 0.15) is 57.5 Å². The maximum absolute atomic E-state index is 12.9. The zero-order valence-electron chi connectivity index (χ0n) is 17.7. The number of anilines is 2. The number of fused-ring (bicyclic) bond motifs is 1. The number of aryl methyl sites for hydroxylation is 1. The molecule has 4 amide bonds. The Morgan fingerprint density at radius 1 is 0.969 bits per heavy atom. The van der Waals surface area contributed by atoms with Gasteiger partial charge in [-0.25, -0.2) is 0 Å². The van der Waals surface area contributed by atoms with Gasteiger partial charge < -0.3 is 10.6 Å². The fraction of sp³-hybridized carbons (Fsp3) is 0.333. The van der Waals surface area contributed by atoms with Crippen LogP contribution >= 0.6 is 0 Å². The zero-order valence-corrected chi connectivity index (χ0v) is 17.7. The first-order valence-corrected chi connectivity index (χ1v) is 10.9. The van der Waals surface area contributed by atoms with Crippen molar-refractivity contribution in [2.45, 2.75) is 51.2 Å². The molecular formula is C24H24N4O4. The van der Waals surface area contributed by atoms with Crippen molar-refractivity contribution in [1.29, 1.82) is 0 Å². The lowest BCUT2D eigenvalue weighted by molar-refractivity contribution is -0.136. The standard InChI is InChI=1S/C24H24N4O4/c1-13-10-14(2-7-19(13)26-15-3-4-15)12-25-16-5-6-17-18(11-16)24(32)28(23(17)31)20-8-9-21(29)27-22(20)30/h2,5-7,10-11,15,20,25-26H,3-4,8-9,12H2,1H3,(H,27,29,30). The summed E-state index contributed by atoms with van der Waals surface area (Å²) in [7, 11) is 0. The molecular weight excluding hydrogens is 408 g/mol. The predicted octanol–water partition coefficient (Wildman–Crippen LogP) is 2.58. The molecule has 0 aromatic heterocycles. The van der Waals surface area contributed by atoms with Gasteiger partial charge in [-0.05, 0) is 61.6 Å². The highest BCUT2D eigenvalue weighted by molar-refractivity contribution is 6.23. The normalized spacial score (nSPS) is 20.3. The van der Waals surface area contributed by atoms with Crippen molar-refractivity contribution in [3.63, 3.8) is 0 Å². The van der Waals surface area contributed by atoms with Crippen molar-refractivity contribution in [1.82, 2.24) is 10.2 Å². The number of imide groups is 2. The number of hydrogen-bond acceptors (Lipinski definition) is 6. The van der Waals surface area contributed by atoms with Gasteiger partial charge in [0, 0.05) is 30.4 Å². The molecule has 1 saturated carbocycles. The van der Waals surface area contributed by atoms with E-state index in [2.05, 4.69) is 41.1 Å². The average Bonchev–Trinajstić information content (AvgIpc) is 3.55. The third-order valence-corrected chi connectivity index (χ3v) is 6.16. The zero-order chi connectivity index (χ0) is 22.4. The van der Waals surface area contributed by atoms with E-state index >= 15 is 0 Å². The molecule has 1 saturated heterocycles. The van der Waals surface area contributed by atoms with Crippen molar-refractivity contribution >= 4 is 35.0 Å². The molecule has 0 spiro atoms. The topological polar surface area (TPSA) is 108 Å². The molecule has 3 N–H and O–H groups in total. The number of carbonyl (C=O) groups excluding carboxylic acids is 4. The smallest absolute Gasteiger partial charge is 0.262 e. The van der Waals surface area contributed by atoms with Crippen LogP contribution in [0.5, 0.6) is 0 Å². The summed E-state index contributed by atoms with van der Waals surface area (Å²) in [6.07, 6.45) is 2.70. The lowest BCUT2D eigenvalue weighted by atomic mass is 10.0. The van der Waals surface area contributed by atoms with E-state index in [1.807, 2.05) is 0 Å². The van der Waals surface area contributed by atoms with E-state index in [-0.39, 0.29) is 29.9 Å². The molecule has 0 bridgehead atoms. The Morgan fingerprint density at radius 2 is 1.75 bits per heavy atom. The number of carbonyl (C=O) groups is 4. The Morgan fingerprint density at radius 3 is 2.47 bits per heavy atom. The molecule has 1 unspecified atom stereocenters. The maximum Gasteiger partial charge on any atom is 0.262 e. The molecule has 1 aliphatic carbocycles. The van der Waals surface area contributed by atoms with Crippen molar-refractivity contribution in [3.05, 3.63) is 58.7 Å². The van der Waals surface area contributed by atoms with Gasteiger partial charge in [0.1, 0.15) is 6.04 Å². The van der Waals surface area contributed by atoms with Crippen molar-refractivity contribution in [2.24, 2.45) is 0 Å². The van der Waals surface area contributed by atoms with Crippen molar-refractivity contribution in [2.75, 3.05) is 10.6 Å². The Bertz CT molecular complexity index is 1150. The number of nitrogens with zero attached hydrogens (tertiary/aromatic N) is 1. The van der Waals surface area contributed by atoms with Crippen LogP contribution in [0.4, 0.5) is 11.4 Å². The lowest BCUT2D eigenvalue weighted by Gasteiger charge is -2.27. The highest BCUT2D eigenvalue weighted by atomic mass is 16.2. The first-order valence-electron chi connectivity index (χ1n) is 10.9. The van der Waals surface area contributed by atoms with Crippen LogP contribution in [0.15, 0.2) is 36.4 Å². The van der Waals surface area contributed by atoms with E-state index < -0.39 is 23.8 Å². The van der Waals surface area contributed by atoms with Crippen LogP contribution in [0.2, 0.25) is 0 Å².